The second kappa shape index (κ2) is 6.96. The van der Waals surface area contributed by atoms with Crippen molar-refractivity contribution in [2.45, 2.75) is 18.7 Å². The molecule has 0 spiro atoms. The molecule has 0 aliphatic heterocycles. The minimum Gasteiger partial charge on any atom is -0.395 e. The minimum absolute atomic E-state index is 0.0272. The standard InChI is InChI=1S/C11H13F2NO3S2/c1-14(19(16,17)11(12)13)7-9-6-10(18-8-9)4-2-3-5-15/h6,8,11,15H,3,5,7H2,1H3. The third-order valence-electron chi connectivity index (χ3n) is 2.17. The Balaban J connectivity index is 2.72. The Morgan fingerprint density at radius 3 is 2.79 bits per heavy atom. The van der Waals surface area contributed by atoms with E-state index in [1.54, 1.807) is 11.4 Å². The first-order valence-corrected chi connectivity index (χ1v) is 7.66. The van der Waals surface area contributed by atoms with Crippen LogP contribution in [0.2, 0.25) is 0 Å². The van der Waals surface area contributed by atoms with Crippen molar-refractivity contribution in [1.29, 1.82) is 0 Å². The molecule has 1 rings (SSSR count). The van der Waals surface area contributed by atoms with Gasteiger partial charge in [0, 0.05) is 20.0 Å². The van der Waals surface area contributed by atoms with E-state index in [9.17, 15) is 17.2 Å². The van der Waals surface area contributed by atoms with Crippen LogP contribution in [-0.2, 0) is 16.6 Å². The Morgan fingerprint density at radius 2 is 2.21 bits per heavy atom. The van der Waals surface area contributed by atoms with Gasteiger partial charge in [0.1, 0.15) is 0 Å². The van der Waals surface area contributed by atoms with Gasteiger partial charge in [0.05, 0.1) is 11.5 Å². The first-order chi connectivity index (χ1) is 8.87. The zero-order valence-electron chi connectivity index (χ0n) is 10.1. The second-order valence-corrected chi connectivity index (χ2v) is 6.58. The fourth-order valence-corrected chi connectivity index (χ4v) is 2.59. The molecule has 0 aliphatic carbocycles. The predicted octanol–water partition coefficient (Wildman–Crippen LogP) is 1.47. The van der Waals surface area contributed by atoms with Gasteiger partial charge in [0.2, 0.25) is 0 Å². The summed E-state index contributed by atoms with van der Waals surface area (Å²) in [6.07, 6.45) is 0.354. The van der Waals surface area contributed by atoms with E-state index in [1.807, 2.05) is 0 Å². The lowest BCUT2D eigenvalue weighted by Gasteiger charge is -2.15. The van der Waals surface area contributed by atoms with Gasteiger partial charge < -0.3 is 5.11 Å². The zero-order valence-corrected chi connectivity index (χ0v) is 11.8. The number of aliphatic hydroxyl groups excluding tert-OH is 1. The molecule has 0 saturated heterocycles. The summed E-state index contributed by atoms with van der Waals surface area (Å²) in [4.78, 5) is 0.700. The Bertz CT molecular complexity index is 572. The van der Waals surface area contributed by atoms with Crippen LogP contribution in [0.4, 0.5) is 8.78 Å². The van der Waals surface area contributed by atoms with Gasteiger partial charge in [0.15, 0.2) is 0 Å². The van der Waals surface area contributed by atoms with Crippen LogP contribution in [-0.4, -0.2) is 37.2 Å². The molecule has 0 amide bonds. The van der Waals surface area contributed by atoms with Crippen LogP contribution in [0.1, 0.15) is 16.9 Å². The van der Waals surface area contributed by atoms with Crippen LogP contribution in [0.3, 0.4) is 0 Å². The largest absolute Gasteiger partial charge is 0.395 e. The van der Waals surface area contributed by atoms with Gasteiger partial charge in [-0.3, -0.25) is 0 Å². The van der Waals surface area contributed by atoms with E-state index >= 15 is 0 Å². The predicted molar refractivity (Wildman–Crippen MR) is 69.3 cm³/mol. The second-order valence-electron chi connectivity index (χ2n) is 3.66. The molecule has 0 radical (unpaired) electrons. The number of alkyl halides is 2. The third-order valence-corrected chi connectivity index (χ3v) is 4.51. The van der Waals surface area contributed by atoms with E-state index in [4.69, 9.17) is 5.11 Å². The van der Waals surface area contributed by atoms with Crippen LogP contribution >= 0.6 is 11.3 Å². The van der Waals surface area contributed by atoms with Gasteiger partial charge in [-0.15, -0.1) is 11.3 Å². The van der Waals surface area contributed by atoms with Crippen molar-refractivity contribution < 1.29 is 22.3 Å². The van der Waals surface area contributed by atoms with Crippen molar-refractivity contribution in [1.82, 2.24) is 4.31 Å². The Kier molecular flexibility index (Phi) is 5.87. The van der Waals surface area contributed by atoms with Crippen molar-refractivity contribution in [3.63, 3.8) is 0 Å². The fraction of sp³-hybridized carbons (Fsp3) is 0.455. The Morgan fingerprint density at radius 1 is 1.53 bits per heavy atom. The quantitative estimate of drug-likeness (QED) is 0.838. The topological polar surface area (TPSA) is 57.6 Å². The van der Waals surface area contributed by atoms with Gasteiger partial charge in [-0.2, -0.15) is 13.1 Å². The molecule has 4 nitrogen and oxygen atoms in total. The highest BCUT2D eigenvalue weighted by Gasteiger charge is 2.29. The number of hydrogen-bond acceptors (Lipinski definition) is 4. The van der Waals surface area contributed by atoms with Crippen molar-refractivity contribution in [3.8, 4) is 11.8 Å². The Hall–Kier alpha value is -1.01. The molecule has 0 aliphatic rings. The maximum atomic E-state index is 12.3. The molecule has 0 fully saturated rings. The summed E-state index contributed by atoms with van der Waals surface area (Å²) in [6, 6.07) is 1.65. The summed E-state index contributed by atoms with van der Waals surface area (Å²) in [5, 5.41) is 10.2. The highest BCUT2D eigenvalue weighted by molar-refractivity contribution is 7.89. The molecule has 19 heavy (non-hydrogen) atoms. The van der Waals surface area contributed by atoms with Crippen molar-refractivity contribution in [3.05, 3.63) is 21.9 Å². The number of nitrogens with zero attached hydrogens (tertiary/aromatic N) is 1. The summed E-state index contributed by atoms with van der Waals surface area (Å²) < 4.78 is 47.6. The maximum Gasteiger partial charge on any atom is 0.350 e. The summed E-state index contributed by atoms with van der Waals surface area (Å²) in [6.45, 7) is -0.147. The average molecular weight is 309 g/mol. The van der Waals surface area contributed by atoms with Gasteiger partial charge in [-0.1, -0.05) is 11.8 Å². The van der Waals surface area contributed by atoms with E-state index in [-0.39, 0.29) is 13.2 Å². The minimum atomic E-state index is -4.55. The molecule has 0 saturated carbocycles. The van der Waals surface area contributed by atoms with Gasteiger partial charge in [-0.05, 0) is 17.0 Å². The molecule has 0 atom stereocenters. The molecule has 1 aromatic heterocycles. The van der Waals surface area contributed by atoms with Crippen molar-refractivity contribution in [2.24, 2.45) is 0 Å². The van der Waals surface area contributed by atoms with E-state index in [1.165, 1.54) is 11.3 Å². The smallest absolute Gasteiger partial charge is 0.350 e. The number of hydrogen-bond donors (Lipinski definition) is 1. The number of sulfonamides is 1. The normalized spacial score (nSPS) is 11.7. The lowest BCUT2D eigenvalue weighted by molar-refractivity contribution is 0.222. The molecular weight excluding hydrogens is 296 g/mol. The van der Waals surface area contributed by atoms with E-state index in [2.05, 4.69) is 11.8 Å². The first-order valence-electron chi connectivity index (χ1n) is 5.28. The maximum absolute atomic E-state index is 12.3. The van der Waals surface area contributed by atoms with Crippen LogP contribution in [0.5, 0.6) is 0 Å². The van der Waals surface area contributed by atoms with Crippen molar-refractivity contribution in [2.75, 3.05) is 13.7 Å². The summed E-state index contributed by atoms with van der Waals surface area (Å²) in [7, 11) is -3.44. The molecule has 0 bridgehead atoms. The van der Waals surface area contributed by atoms with Crippen molar-refractivity contribution >= 4 is 21.4 Å². The third kappa shape index (κ3) is 4.54. The monoisotopic (exact) mass is 309 g/mol. The summed E-state index contributed by atoms with van der Waals surface area (Å²) >= 11 is 1.30. The fourth-order valence-electron chi connectivity index (χ4n) is 1.21. The van der Waals surface area contributed by atoms with E-state index in [0.717, 1.165) is 7.05 Å². The summed E-state index contributed by atoms with van der Waals surface area (Å²) in [5.41, 5.74) is 0.602. The molecule has 106 valence electrons. The van der Waals surface area contributed by atoms with Crippen LogP contribution in [0.15, 0.2) is 11.4 Å². The lowest BCUT2D eigenvalue weighted by Crippen LogP contribution is -2.31. The van der Waals surface area contributed by atoms with Gasteiger partial charge in [0.25, 0.3) is 10.0 Å². The van der Waals surface area contributed by atoms with Crippen LogP contribution in [0, 0.1) is 11.8 Å². The van der Waals surface area contributed by atoms with Gasteiger partial charge >= 0.3 is 5.76 Å². The molecule has 0 unspecified atom stereocenters. The number of aliphatic hydroxyl groups is 1. The van der Waals surface area contributed by atoms with Gasteiger partial charge in [-0.25, -0.2) is 8.42 Å². The number of thiophene rings is 1. The molecule has 8 heteroatoms. The lowest BCUT2D eigenvalue weighted by atomic mass is 10.3. The summed E-state index contributed by atoms with van der Waals surface area (Å²) in [5.74, 6) is 2.10. The van der Waals surface area contributed by atoms with E-state index < -0.39 is 15.8 Å². The molecule has 1 N–H and O–H groups in total. The highest BCUT2D eigenvalue weighted by Crippen LogP contribution is 2.18. The molecule has 1 heterocycles. The number of halogens is 2. The highest BCUT2D eigenvalue weighted by atomic mass is 32.2. The van der Waals surface area contributed by atoms with Crippen LogP contribution < -0.4 is 0 Å². The molecular formula is C11H13F2NO3S2. The Labute approximate surface area is 114 Å². The SMILES string of the molecule is CN(Cc1csc(C#CCCO)c1)S(=O)(=O)C(F)F. The average Bonchev–Trinajstić information content (AvgIpc) is 2.77. The molecule has 1 aromatic rings. The zero-order chi connectivity index (χ0) is 14.5. The van der Waals surface area contributed by atoms with E-state index in [0.29, 0.717) is 21.2 Å². The van der Waals surface area contributed by atoms with Crippen LogP contribution in [0.25, 0.3) is 0 Å². The first kappa shape index (κ1) is 16.0. The molecule has 0 aromatic carbocycles. The number of rotatable bonds is 5.